The van der Waals surface area contributed by atoms with Crippen LogP contribution in [0.2, 0.25) is 5.02 Å². The van der Waals surface area contributed by atoms with Crippen LogP contribution in [-0.4, -0.2) is 35.3 Å². The van der Waals surface area contributed by atoms with E-state index in [4.69, 9.17) is 11.6 Å². The van der Waals surface area contributed by atoms with Gasteiger partial charge in [0.2, 0.25) is 5.91 Å². The van der Waals surface area contributed by atoms with Crippen molar-refractivity contribution in [2.45, 2.75) is 19.4 Å². The fraction of sp³-hybridized carbons (Fsp3) is 0.190. The molecule has 4 amide bonds. The van der Waals surface area contributed by atoms with Crippen molar-refractivity contribution in [2.24, 2.45) is 0 Å². The summed E-state index contributed by atoms with van der Waals surface area (Å²) >= 11 is 5.84. The molecule has 0 aliphatic carbocycles. The first kappa shape index (κ1) is 19.6. The van der Waals surface area contributed by atoms with Crippen molar-refractivity contribution in [2.75, 3.05) is 16.8 Å². The molecular weight excluding hydrogens is 378 g/mol. The molecule has 0 radical (unpaired) electrons. The number of rotatable bonds is 6. The van der Waals surface area contributed by atoms with Crippen molar-refractivity contribution in [3.8, 4) is 0 Å². The summed E-state index contributed by atoms with van der Waals surface area (Å²) in [6, 6.07) is 12.4. The molecule has 1 heterocycles. The summed E-state index contributed by atoms with van der Waals surface area (Å²) in [6.45, 7) is 5.74. The van der Waals surface area contributed by atoms with E-state index < -0.39 is 18.0 Å². The molecule has 2 aromatic rings. The van der Waals surface area contributed by atoms with E-state index >= 15 is 0 Å². The molecule has 0 aromatic heterocycles. The number of hydrogen-bond acceptors (Lipinski definition) is 3. The maximum absolute atomic E-state index is 13.0. The lowest BCUT2D eigenvalue weighted by molar-refractivity contribution is -0.124. The second kappa shape index (κ2) is 8.27. The molecule has 28 heavy (non-hydrogen) atoms. The zero-order valence-electron chi connectivity index (χ0n) is 15.4. The van der Waals surface area contributed by atoms with E-state index in [-0.39, 0.29) is 18.9 Å². The first-order chi connectivity index (χ1) is 13.4. The molecule has 1 saturated heterocycles. The molecule has 7 heteroatoms. The molecule has 0 saturated carbocycles. The van der Waals surface area contributed by atoms with E-state index in [2.05, 4.69) is 11.9 Å². The number of nitrogens with one attached hydrogen (secondary N) is 1. The van der Waals surface area contributed by atoms with Gasteiger partial charge >= 0.3 is 6.03 Å². The van der Waals surface area contributed by atoms with Gasteiger partial charge in [0.05, 0.1) is 12.1 Å². The van der Waals surface area contributed by atoms with Gasteiger partial charge in [0.1, 0.15) is 6.04 Å². The zero-order valence-corrected chi connectivity index (χ0v) is 16.1. The number of halogens is 1. The lowest BCUT2D eigenvalue weighted by Gasteiger charge is -2.19. The molecule has 1 aliphatic heterocycles. The first-order valence-corrected chi connectivity index (χ1v) is 9.16. The summed E-state index contributed by atoms with van der Waals surface area (Å²) in [4.78, 5) is 40.7. The Morgan fingerprint density at radius 1 is 1.14 bits per heavy atom. The van der Waals surface area contributed by atoms with E-state index in [9.17, 15) is 14.4 Å². The molecule has 0 spiro atoms. The summed E-state index contributed by atoms with van der Waals surface area (Å²) in [5.74, 6) is -0.796. The maximum atomic E-state index is 13.0. The monoisotopic (exact) mass is 397 g/mol. The van der Waals surface area contributed by atoms with Gasteiger partial charge in [-0.05, 0) is 43.3 Å². The Bertz CT molecular complexity index is 909. The van der Waals surface area contributed by atoms with Crippen LogP contribution in [-0.2, 0) is 9.59 Å². The van der Waals surface area contributed by atoms with Crippen molar-refractivity contribution in [1.82, 2.24) is 4.90 Å². The minimum atomic E-state index is -0.890. The summed E-state index contributed by atoms with van der Waals surface area (Å²) in [5, 5.41) is 3.28. The number of benzene rings is 2. The van der Waals surface area contributed by atoms with E-state index in [1.807, 2.05) is 19.1 Å². The van der Waals surface area contributed by atoms with Crippen LogP contribution in [0.3, 0.4) is 0 Å². The quantitative estimate of drug-likeness (QED) is 0.591. The van der Waals surface area contributed by atoms with Gasteiger partial charge < -0.3 is 10.2 Å². The Hall–Kier alpha value is -3.12. The third kappa shape index (κ3) is 4.07. The Morgan fingerprint density at radius 2 is 1.79 bits per heavy atom. The number of hydrogen-bond donors (Lipinski definition) is 1. The largest absolute Gasteiger partial charge is 0.332 e. The Kier molecular flexibility index (Phi) is 5.80. The van der Waals surface area contributed by atoms with Gasteiger partial charge in [-0.2, -0.15) is 0 Å². The number of carbonyl (C=O) groups is 3. The van der Waals surface area contributed by atoms with Crippen LogP contribution in [0.15, 0.2) is 61.2 Å². The Labute approximate surface area is 168 Å². The minimum absolute atomic E-state index is 0.149. The zero-order chi connectivity index (χ0) is 20.3. The van der Waals surface area contributed by atoms with Gasteiger partial charge in [0.15, 0.2) is 0 Å². The predicted molar refractivity (Wildman–Crippen MR) is 109 cm³/mol. The fourth-order valence-electron chi connectivity index (χ4n) is 3.03. The molecule has 3 rings (SSSR count). The molecule has 1 N–H and O–H groups in total. The molecule has 0 bridgehead atoms. The first-order valence-electron chi connectivity index (χ1n) is 8.78. The van der Waals surface area contributed by atoms with Gasteiger partial charge in [-0.1, -0.05) is 35.4 Å². The second-order valence-corrected chi connectivity index (χ2v) is 6.94. The highest BCUT2D eigenvalue weighted by molar-refractivity contribution is 6.30. The predicted octanol–water partition coefficient (Wildman–Crippen LogP) is 4.00. The third-order valence-corrected chi connectivity index (χ3v) is 4.70. The van der Waals surface area contributed by atoms with Crippen LogP contribution >= 0.6 is 11.6 Å². The number of aryl methyl sites for hydroxylation is 1. The lowest BCUT2D eigenvalue weighted by atomic mass is 10.1. The SMILES string of the molecule is C=CCN1C(=O)N(c2ccc(C)cc2)C(=O)[C@@H]1CC(=O)Nc1ccc(Cl)cc1. The standard InChI is InChI=1S/C21H20ClN3O3/c1-3-12-24-18(13-19(26)23-16-8-6-15(22)7-9-16)20(27)25(21(24)28)17-10-4-14(2)5-11-17/h3-11,18H,1,12-13H2,2H3,(H,23,26)/t18-/m0/s1. The number of imide groups is 1. The molecule has 1 fully saturated rings. The smallest absolute Gasteiger partial charge is 0.326 e. The van der Waals surface area contributed by atoms with E-state index in [1.54, 1.807) is 36.4 Å². The van der Waals surface area contributed by atoms with Crippen LogP contribution in [0, 0.1) is 6.92 Å². The van der Waals surface area contributed by atoms with Crippen molar-refractivity contribution in [1.29, 1.82) is 0 Å². The van der Waals surface area contributed by atoms with E-state index in [1.165, 1.54) is 11.0 Å². The summed E-state index contributed by atoms with van der Waals surface area (Å²) < 4.78 is 0. The molecule has 2 aromatic carbocycles. The van der Waals surface area contributed by atoms with E-state index in [0.717, 1.165) is 10.5 Å². The van der Waals surface area contributed by atoms with Crippen LogP contribution in [0.4, 0.5) is 16.2 Å². The van der Waals surface area contributed by atoms with Crippen molar-refractivity contribution in [3.63, 3.8) is 0 Å². The van der Waals surface area contributed by atoms with Crippen LogP contribution in [0.25, 0.3) is 0 Å². The van der Waals surface area contributed by atoms with Gasteiger partial charge in [-0.3, -0.25) is 9.59 Å². The summed E-state index contributed by atoms with van der Waals surface area (Å²) in [7, 11) is 0. The molecule has 6 nitrogen and oxygen atoms in total. The average Bonchev–Trinajstić information content (AvgIpc) is 2.89. The number of urea groups is 1. The fourth-order valence-corrected chi connectivity index (χ4v) is 3.16. The van der Waals surface area contributed by atoms with Crippen molar-refractivity contribution >= 4 is 40.8 Å². The van der Waals surface area contributed by atoms with E-state index in [0.29, 0.717) is 16.4 Å². The number of amides is 4. The third-order valence-electron chi connectivity index (χ3n) is 4.44. The minimum Gasteiger partial charge on any atom is -0.326 e. The number of carbonyl (C=O) groups excluding carboxylic acids is 3. The second-order valence-electron chi connectivity index (χ2n) is 6.51. The van der Waals surface area contributed by atoms with Gasteiger partial charge in [0, 0.05) is 17.3 Å². The highest BCUT2D eigenvalue weighted by Crippen LogP contribution is 2.27. The molecule has 1 aliphatic rings. The Balaban J connectivity index is 1.79. The lowest BCUT2D eigenvalue weighted by Crippen LogP contribution is -2.38. The van der Waals surface area contributed by atoms with Gasteiger partial charge in [0.25, 0.3) is 5.91 Å². The average molecular weight is 398 g/mol. The van der Waals surface area contributed by atoms with Crippen LogP contribution in [0.5, 0.6) is 0 Å². The van der Waals surface area contributed by atoms with Gasteiger partial charge in [-0.15, -0.1) is 6.58 Å². The Morgan fingerprint density at radius 3 is 2.39 bits per heavy atom. The molecule has 0 unspecified atom stereocenters. The van der Waals surface area contributed by atoms with Crippen LogP contribution in [0.1, 0.15) is 12.0 Å². The van der Waals surface area contributed by atoms with Crippen LogP contribution < -0.4 is 10.2 Å². The highest BCUT2D eigenvalue weighted by Gasteiger charge is 2.46. The van der Waals surface area contributed by atoms with Crippen molar-refractivity contribution in [3.05, 3.63) is 71.8 Å². The van der Waals surface area contributed by atoms with Crippen molar-refractivity contribution < 1.29 is 14.4 Å². The molecular formula is C21H20ClN3O3. The van der Waals surface area contributed by atoms with Gasteiger partial charge in [-0.25, -0.2) is 9.69 Å². The molecule has 144 valence electrons. The number of anilines is 2. The number of nitrogens with zero attached hydrogens (tertiary/aromatic N) is 2. The topological polar surface area (TPSA) is 69.7 Å². The summed E-state index contributed by atoms with van der Waals surface area (Å²) in [5.41, 5.74) is 2.07. The summed E-state index contributed by atoms with van der Waals surface area (Å²) in [6.07, 6.45) is 1.39. The highest BCUT2D eigenvalue weighted by atomic mass is 35.5. The normalized spacial score (nSPS) is 16.4. The maximum Gasteiger partial charge on any atom is 0.332 e. The molecule has 1 atom stereocenters.